The van der Waals surface area contributed by atoms with Crippen LogP contribution >= 0.6 is 22.9 Å². The number of thiazole rings is 1. The van der Waals surface area contributed by atoms with E-state index in [0.717, 1.165) is 21.7 Å². The molecule has 0 fully saturated rings. The van der Waals surface area contributed by atoms with Crippen LogP contribution in [0.15, 0.2) is 30.5 Å². The molecule has 2 rings (SSSR count). The summed E-state index contributed by atoms with van der Waals surface area (Å²) in [6, 6.07) is 7.51. The summed E-state index contributed by atoms with van der Waals surface area (Å²) in [5.41, 5.74) is 1.03. The van der Waals surface area contributed by atoms with Gasteiger partial charge in [-0.05, 0) is 12.1 Å². The van der Waals surface area contributed by atoms with E-state index >= 15 is 0 Å². The van der Waals surface area contributed by atoms with Crippen molar-refractivity contribution in [3.8, 4) is 10.6 Å². The first-order valence-electron chi connectivity index (χ1n) is 4.44. The number of halogens is 1. The van der Waals surface area contributed by atoms with Crippen LogP contribution in [-0.2, 0) is 11.2 Å². The van der Waals surface area contributed by atoms with E-state index in [2.05, 4.69) is 4.98 Å². The zero-order chi connectivity index (χ0) is 10.7. The van der Waals surface area contributed by atoms with E-state index in [-0.39, 0.29) is 0 Å². The van der Waals surface area contributed by atoms with Crippen molar-refractivity contribution in [3.05, 3.63) is 40.4 Å². The topological polar surface area (TPSA) is 30.0 Å². The van der Waals surface area contributed by atoms with Gasteiger partial charge in [-0.3, -0.25) is 0 Å². The largest absolute Gasteiger partial charge is 0.303 e. The molecule has 0 saturated carbocycles. The molecule has 0 saturated heterocycles. The van der Waals surface area contributed by atoms with Crippen LogP contribution in [0.25, 0.3) is 10.6 Å². The molecule has 4 heteroatoms. The van der Waals surface area contributed by atoms with Gasteiger partial charge in [0, 0.05) is 28.1 Å². The van der Waals surface area contributed by atoms with E-state index < -0.39 is 0 Å². The second-order valence-corrected chi connectivity index (χ2v) is 4.56. The second kappa shape index (κ2) is 4.55. The summed E-state index contributed by atoms with van der Waals surface area (Å²) in [6.07, 6.45) is 3.06. The molecule has 0 aliphatic heterocycles. The number of benzene rings is 1. The van der Waals surface area contributed by atoms with Crippen molar-refractivity contribution in [1.82, 2.24) is 4.98 Å². The molecule has 2 aromatic rings. The van der Waals surface area contributed by atoms with Gasteiger partial charge in [-0.15, -0.1) is 11.3 Å². The molecule has 0 atom stereocenters. The van der Waals surface area contributed by atoms with Crippen molar-refractivity contribution in [2.75, 3.05) is 0 Å². The van der Waals surface area contributed by atoms with Crippen molar-refractivity contribution < 1.29 is 4.79 Å². The van der Waals surface area contributed by atoms with Gasteiger partial charge >= 0.3 is 0 Å². The first kappa shape index (κ1) is 10.3. The predicted octanol–water partition coefficient (Wildman–Crippen LogP) is 3.20. The third-order valence-corrected chi connectivity index (χ3v) is 3.25. The molecule has 0 radical (unpaired) electrons. The maximum absolute atomic E-state index is 10.3. The van der Waals surface area contributed by atoms with Crippen molar-refractivity contribution >= 4 is 29.2 Å². The highest BCUT2D eigenvalue weighted by molar-refractivity contribution is 7.15. The number of rotatable bonds is 3. The lowest BCUT2D eigenvalue weighted by atomic mass is 10.2. The van der Waals surface area contributed by atoms with E-state index in [1.54, 1.807) is 6.20 Å². The Bertz CT molecular complexity index is 464. The molecule has 2 nitrogen and oxygen atoms in total. The molecule has 1 aromatic heterocycles. The Labute approximate surface area is 96.5 Å². The third-order valence-electron chi connectivity index (χ3n) is 1.93. The lowest BCUT2D eigenvalue weighted by molar-refractivity contribution is -0.107. The first-order chi connectivity index (χ1) is 7.29. The average molecular weight is 238 g/mol. The molecule has 1 heterocycles. The Morgan fingerprint density at radius 2 is 2.07 bits per heavy atom. The maximum Gasteiger partial charge on any atom is 0.125 e. The van der Waals surface area contributed by atoms with Gasteiger partial charge in [-0.1, -0.05) is 23.7 Å². The van der Waals surface area contributed by atoms with Crippen LogP contribution in [0.1, 0.15) is 4.88 Å². The van der Waals surface area contributed by atoms with E-state index in [9.17, 15) is 4.79 Å². The highest BCUT2D eigenvalue weighted by Gasteiger charge is 2.03. The Hall–Kier alpha value is -1.19. The van der Waals surface area contributed by atoms with E-state index in [4.69, 9.17) is 11.6 Å². The summed E-state index contributed by atoms with van der Waals surface area (Å²) in [4.78, 5) is 15.6. The summed E-state index contributed by atoms with van der Waals surface area (Å²) in [5.74, 6) is 0. The SMILES string of the molecule is O=CCc1cnc(-c2ccc(Cl)cc2)s1. The van der Waals surface area contributed by atoms with Gasteiger partial charge in [0.2, 0.25) is 0 Å². The Morgan fingerprint density at radius 3 is 2.73 bits per heavy atom. The summed E-state index contributed by atoms with van der Waals surface area (Å²) in [7, 11) is 0. The summed E-state index contributed by atoms with van der Waals surface area (Å²) in [5, 5.41) is 1.63. The van der Waals surface area contributed by atoms with Gasteiger partial charge < -0.3 is 4.79 Å². The number of aromatic nitrogens is 1. The zero-order valence-electron chi connectivity index (χ0n) is 7.81. The molecular formula is C11H8ClNOS. The smallest absolute Gasteiger partial charge is 0.125 e. The Kier molecular flexibility index (Phi) is 3.14. The maximum atomic E-state index is 10.3. The number of hydrogen-bond donors (Lipinski definition) is 0. The lowest BCUT2D eigenvalue weighted by Gasteiger charge is -1.94. The van der Waals surface area contributed by atoms with Crippen LogP contribution in [0.4, 0.5) is 0 Å². The highest BCUT2D eigenvalue weighted by atomic mass is 35.5. The number of carbonyl (C=O) groups is 1. The standard InChI is InChI=1S/C11H8ClNOS/c12-9-3-1-8(2-4-9)11-13-7-10(15-11)5-6-14/h1-4,6-7H,5H2. The van der Waals surface area contributed by atoms with Crippen LogP contribution in [0.2, 0.25) is 5.02 Å². The summed E-state index contributed by atoms with van der Waals surface area (Å²) >= 11 is 7.32. The predicted molar refractivity (Wildman–Crippen MR) is 62.3 cm³/mol. The van der Waals surface area contributed by atoms with E-state index in [1.807, 2.05) is 24.3 Å². The fourth-order valence-electron chi connectivity index (χ4n) is 1.21. The highest BCUT2D eigenvalue weighted by Crippen LogP contribution is 2.26. The molecule has 76 valence electrons. The molecular weight excluding hydrogens is 230 g/mol. The van der Waals surface area contributed by atoms with Gasteiger partial charge in [0.05, 0.1) is 0 Å². The Balaban J connectivity index is 2.28. The number of aldehydes is 1. The van der Waals surface area contributed by atoms with Gasteiger partial charge in [0.15, 0.2) is 0 Å². The van der Waals surface area contributed by atoms with Crippen LogP contribution in [0.3, 0.4) is 0 Å². The van der Waals surface area contributed by atoms with Gasteiger partial charge in [-0.2, -0.15) is 0 Å². The fraction of sp³-hybridized carbons (Fsp3) is 0.0909. The quantitative estimate of drug-likeness (QED) is 0.768. The van der Waals surface area contributed by atoms with Crippen molar-refractivity contribution in [2.24, 2.45) is 0 Å². The molecule has 1 aromatic carbocycles. The molecule has 0 unspecified atom stereocenters. The normalized spacial score (nSPS) is 10.2. The number of nitrogens with zero attached hydrogens (tertiary/aromatic N) is 1. The second-order valence-electron chi connectivity index (χ2n) is 3.01. The molecule has 0 amide bonds. The minimum Gasteiger partial charge on any atom is -0.303 e. The molecule has 0 bridgehead atoms. The third kappa shape index (κ3) is 2.43. The number of hydrogen-bond acceptors (Lipinski definition) is 3. The minimum atomic E-state index is 0.436. The van der Waals surface area contributed by atoms with Crippen LogP contribution in [-0.4, -0.2) is 11.3 Å². The average Bonchev–Trinajstić information content (AvgIpc) is 2.68. The molecule has 0 aliphatic carbocycles. The van der Waals surface area contributed by atoms with Crippen molar-refractivity contribution in [2.45, 2.75) is 6.42 Å². The van der Waals surface area contributed by atoms with E-state index in [0.29, 0.717) is 11.4 Å². The zero-order valence-corrected chi connectivity index (χ0v) is 9.39. The fourth-order valence-corrected chi connectivity index (χ4v) is 2.20. The van der Waals surface area contributed by atoms with Gasteiger partial charge in [-0.25, -0.2) is 4.98 Å². The summed E-state index contributed by atoms with van der Waals surface area (Å²) < 4.78 is 0. The number of carbonyl (C=O) groups excluding carboxylic acids is 1. The molecule has 0 N–H and O–H groups in total. The monoisotopic (exact) mass is 237 g/mol. The minimum absolute atomic E-state index is 0.436. The van der Waals surface area contributed by atoms with Crippen LogP contribution in [0.5, 0.6) is 0 Å². The summed E-state index contributed by atoms with van der Waals surface area (Å²) in [6.45, 7) is 0. The van der Waals surface area contributed by atoms with Crippen LogP contribution < -0.4 is 0 Å². The van der Waals surface area contributed by atoms with Gasteiger partial charge in [0.25, 0.3) is 0 Å². The first-order valence-corrected chi connectivity index (χ1v) is 5.63. The Morgan fingerprint density at radius 1 is 1.33 bits per heavy atom. The van der Waals surface area contributed by atoms with E-state index in [1.165, 1.54) is 11.3 Å². The van der Waals surface area contributed by atoms with Crippen molar-refractivity contribution in [1.29, 1.82) is 0 Å². The molecule has 0 aliphatic rings. The lowest BCUT2D eigenvalue weighted by Crippen LogP contribution is -1.76. The van der Waals surface area contributed by atoms with Gasteiger partial charge in [0.1, 0.15) is 11.3 Å². The molecule has 15 heavy (non-hydrogen) atoms. The van der Waals surface area contributed by atoms with Crippen molar-refractivity contribution in [3.63, 3.8) is 0 Å². The molecule has 0 spiro atoms. The van der Waals surface area contributed by atoms with Crippen LogP contribution in [0, 0.1) is 0 Å².